The van der Waals surface area contributed by atoms with Gasteiger partial charge in [-0.15, -0.1) is 0 Å². The van der Waals surface area contributed by atoms with Crippen LogP contribution in [0.3, 0.4) is 0 Å². The Morgan fingerprint density at radius 1 is 1.79 bits per heavy atom. The van der Waals surface area contributed by atoms with Gasteiger partial charge in [-0.1, -0.05) is 6.92 Å². The summed E-state index contributed by atoms with van der Waals surface area (Å²) in [6, 6.07) is 0. The van der Waals surface area contributed by atoms with E-state index in [1.165, 1.54) is 17.8 Å². The van der Waals surface area contributed by atoms with E-state index in [1.54, 1.807) is 0 Å². The molecular weight excluding hydrogens is 190 g/mol. The highest BCUT2D eigenvalue weighted by Crippen LogP contribution is 2.09. The lowest BCUT2D eigenvalue weighted by Gasteiger charge is -2.11. The molecule has 0 unspecified atom stereocenters. The number of hydrogen-bond acceptors (Lipinski definition) is 5. The van der Waals surface area contributed by atoms with Crippen molar-refractivity contribution < 1.29 is 14.8 Å². The summed E-state index contributed by atoms with van der Waals surface area (Å²) in [5.41, 5.74) is -0.157. The van der Waals surface area contributed by atoms with E-state index in [0.717, 1.165) is 6.20 Å². The molecule has 7 nitrogen and oxygen atoms in total. The van der Waals surface area contributed by atoms with E-state index in [4.69, 9.17) is 0 Å². The highest BCUT2D eigenvalue weighted by atomic mass is 16.6. The first-order valence-electron chi connectivity index (χ1n) is 3.88. The summed E-state index contributed by atoms with van der Waals surface area (Å²) in [5, 5.41) is 24.3. The maximum atomic E-state index is 10.4. The van der Waals surface area contributed by atoms with E-state index in [-0.39, 0.29) is 12.2 Å². The van der Waals surface area contributed by atoms with E-state index >= 15 is 0 Å². The standard InChI is InChI=1S/C7H9N3O4/c1-5(7(11)12)3-9-4-6(2-8-9)10(13)14/h2,4-5H,3H2,1H3,(H,11,12)/p-1/t5-/m1/s1. The van der Waals surface area contributed by atoms with Gasteiger partial charge in [0, 0.05) is 18.4 Å². The van der Waals surface area contributed by atoms with Crippen molar-refractivity contribution in [1.29, 1.82) is 0 Å². The molecule has 1 rings (SSSR count). The molecule has 1 aromatic rings. The van der Waals surface area contributed by atoms with Crippen LogP contribution >= 0.6 is 0 Å². The number of nitrogens with zero attached hydrogens (tertiary/aromatic N) is 3. The number of hydrogen-bond donors (Lipinski definition) is 0. The smallest absolute Gasteiger partial charge is 0.306 e. The molecule has 14 heavy (non-hydrogen) atoms. The lowest BCUT2D eigenvalue weighted by atomic mass is 10.2. The second kappa shape index (κ2) is 3.86. The van der Waals surface area contributed by atoms with Crippen LogP contribution in [0.2, 0.25) is 0 Å². The van der Waals surface area contributed by atoms with Gasteiger partial charge in [0.1, 0.15) is 12.4 Å². The zero-order valence-corrected chi connectivity index (χ0v) is 7.41. The van der Waals surface area contributed by atoms with Gasteiger partial charge in [-0.25, -0.2) is 0 Å². The molecule has 0 radical (unpaired) electrons. The lowest BCUT2D eigenvalue weighted by molar-refractivity contribution is -0.385. The Balaban J connectivity index is 2.69. The molecule has 0 fully saturated rings. The Bertz CT molecular complexity index is 360. The SMILES string of the molecule is C[C@H](Cn1cc([N+](=O)[O-])cn1)C(=O)[O-]. The summed E-state index contributed by atoms with van der Waals surface area (Å²) in [7, 11) is 0. The number of carbonyl (C=O) groups is 1. The van der Waals surface area contributed by atoms with Gasteiger partial charge >= 0.3 is 5.69 Å². The molecule has 76 valence electrons. The quantitative estimate of drug-likeness (QED) is 0.464. The van der Waals surface area contributed by atoms with Crippen molar-refractivity contribution in [2.24, 2.45) is 5.92 Å². The van der Waals surface area contributed by atoms with Crippen molar-refractivity contribution in [3.63, 3.8) is 0 Å². The van der Waals surface area contributed by atoms with Gasteiger partial charge in [0.05, 0.1) is 4.92 Å². The number of rotatable bonds is 4. The fraction of sp³-hybridized carbons (Fsp3) is 0.429. The lowest BCUT2D eigenvalue weighted by Crippen LogP contribution is -2.32. The molecule has 0 saturated heterocycles. The molecule has 0 amide bonds. The number of carboxylic acids is 1. The van der Waals surface area contributed by atoms with Crippen LogP contribution in [0.25, 0.3) is 0 Å². The zero-order valence-electron chi connectivity index (χ0n) is 7.41. The van der Waals surface area contributed by atoms with Crippen LogP contribution in [-0.2, 0) is 11.3 Å². The van der Waals surface area contributed by atoms with Crippen LogP contribution in [0.4, 0.5) is 5.69 Å². The van der Waals surface area contributed by atoms with E-state index < -0.39 is 16.8 Å². The molecule has 0 spiro atoms. The molecule has 1 atom stereocenters. The largest absolute Gasteiger partial charge is 0.550 e. The van der Waals surface area contributed by atoms with Crippen LogP contribution in [0, 0.1) is 16.0 Å². The molecule has 0 aliphatic carbocycles. The molecule has 0 aliphatic heterocycles. The van der Waals surface area contributed by atoms with Crippen LogP contribution in [0.1, 0.15) is 6.92 Å². The van der Waals surface area contributed by atoms with Crippen LogP contribution in [0.5, 0.6) is 0 Å². The third-order valence-corrected chi connectivity index (χ3v) is 1.69. The topological polar surface area (TPSA) is 101 Å². The highest BCUT2D eigenvalue weighted by Gasteiger charge is 2.10. The monoisotopic (exact) mass is 198 g/mol. The molecule has 7 heteroatoms. The Morgan fingerprint density at radius 3 is 2.86 bits per heavy atom. The molecule has 0 N–H and O–H groups in total. The molecule has 1 aromatic heterocycles. The molecule has 1 heterocycles. The molecule has 0 saturated carbocycles. The van der Waals surface area contributed by atoms with Crippen LogP contribution < -0.4 is 5.11 Å². The molecule has 0 aromatic carbocycles. The number of carbonyl (C=O) groups excluding carboxylic acids is 1. The predicted octanol–water partition coefficient (Wildman–Crippen LogP) is -0.823. The maximum absolute atomic E-state index is 10.4. The van der Waals surface area contributed by atoms with Gasteiger partial charge in [-0.05, 0) is 0 Å². The average molecular weight is 198 g/mol. The van der Waals surface area contributed by atoms with Gasteiger partial charge in [-0.3, -0.25) is 14.8 Å². The normalized spacial score (nSPS) is 12.4. The van der Waals surface area contributed by atoms with E-state index in [2.05, 4.69) is 5.10 Å². The van der Waals surface area contributed by atoms with E-state index in [1.807, 2.05) is 0 Å². The number of carboxylic acid groups (broad SMARTS) is 1. The Hall–Kier alpha value is -1.92. The van der Waals surface area contributed by atoms with Crippen molar-refractivity contribution in [2.75, 3.05) is 0 Å². The van der Waals surface area contributed by atoms with Crippen molar-refractivity contribution in [1.82, 2.24) is 9.78 Å². The van der Waals surface area contributed by atoms with Crippen molar-refractivity contribution >= 4 is 11.7 Å². The minimum absolute atomic E-state index is 0.0656. The average Bonchev–Trinajstić information content (AvgIpc) is 2.52. The van der Waals surface area contributed by atoms with Gasteiger partial charge < -0.3 is 9.90 Å². The number of aromatic nitrogens is 2. The summed E-state index contributed by atoms with van der Waals surface area (Å²) >= 11 is 0. The second-order valence-electron chi connectivity index (χ2n) is 2.90. The minimum atomic E-state index is -1.21. The predicted molar refractivity (Wildman–Crippen MR) is 43.1 cm³/mol. The van der Waals surface area contributed by atoms with E-state index in [0.29, 0.717) is 0 Å². The molecule has 0 aliphatic rings. The van der Waals surface area contributed by atoms with Gasteiger partial charge in [-0.2, -0.15) is 5.10 Å². The third kappa shape index (κ3) is 2.28. The highest BCUT2D eigenvalue weighted by molar-refractivity contribution is 5.66. The summed E-state index contributed by atoms with van der Waals surface area (Å²) in [4.78, 5) is 20.0. The first kappa shape index (κ1) is 10.2. The van der Waals surface area contributed by atoms with Gasteiger partial charge in [0.15, 0.2) is 0 Å². The first-order chi connectivity index (χ1) is 6.50. The maximum Gasteiger partial charge on any atom is 0.306 e. The first-order valence-corrected chi connectivity index (χ1v) is 3.88. The number of aliphatic carboxylic acids is 1. The van der Waals surface area contributed by atoms with Crippen molar-refractivity contribution in [2.45, 2.75) is 13.5 Å². The van der Waals surface area contributed by atoms with E-state index in [9.17, 15) is 20.0 Å². The summed E-state index contributed by atoms with van der Waals surface area (Å²) in [6.45, 7) is 1.51. The second-order valence-corrected chi connectivity index (χ2v) is 2.90. The zero-order chi connectivity index (χ0) is 10.7. The van der Waals surface area contributed by atoms with Crippen molar-refractivity contribution in [3.05, 3.63) is 22.5 Å². The van der Waals surface area contributed by atoms with Gasteiger partial charge in [0.2, 0.25) is 0 Å². The minimum Gasteiger partial charge on any atom is -0.550 e. The Morgan fingerprint density at radius 2 is 2.43 bits per heavy atom. The Labute approximate surface area is 79.1 Å². The van der Waals surface area contributed by atoms with Crippen LogP contribution in [-0.4, -0.2) is 20.7 Å². The fourth-order valence-corrected chi connectivity index (χ4v) is 0.902. The summed E-state index contributed by atoms with van der Waals surface area (Å²) in [6.07, 6.45) is 2.25. The number of nitro groups is 1. The van der Waals surface area contributed by atoms with Crippen molar-refractivity contribution in [3.8, 4) is 0 Å². The Kier molecular flexibility index (Phi) is 2.80. The third-order valence-electron chi connectivity index (χ3n) is 1.69. The van der Waals surface area contributed by atoms with Gasteiger partial charge in [0.25, 0.3) is 0 Å². The molecular formula is C7H8N3O4-. The summed E-state index contributed by atoms with van der Waals surface area (Å²) < 4.78 is 1.21. The van der Waals surface area contributed by atoms with Crippen LogP contribution in [0.15, 0.2) is 12.4 Å². The fourth-order valence-electron chi connectivity index (χ4n) is 0.902. The summed E-state index contributed by atoms with van der Waals surface area (Å²) in [5.74, 6) is -1.93. The molecule has 0 bridgehead atoms.